The average molecular weight is 201 g/mol. The largest absolute Gasteiger partial charge is 0.469 e. The Labute approximate surface area is 82.8 Å². The molecule has 0 unspecified atom stereocenters. The van der Waals surface area contributed by atoms with Gasteiger partial charge in [-0.15, -0.1) is 0 Å². The van der Waals surface area contributed by atoms with Gasteiger partial charge in [0.25, 0.3) is 0 Å². The highest BCUT2D eigenvalue weighted by atomic mass is 16.5. The van der Waals surface area contributed by atoms with Gasteiger partial charge in [-0.2, -0.15) is 0 Å². The molecule has 1 aliphatic heterocycles. The van der Waals surface area contributed by atoms with E-state index >= 15 is 0 Å². The molecule has 1 atom stereocenters. The topological polar surface area (TPSA) is 64.6 Å². The number of methoxy groups -OCH3 is 1. The second-order valence-corrected chi connectivity index (χ2v) is 3.12. The molecule has 1 heterocycles. The van der Waals surface area contributed by atoms with Crippen LogP contribution < -0.4 is 5.32 Å². The minimum Gasteiger partial charge on any atom is -0.469 e. The van der Waals surface area contributed by atoms with Crippen LogP contribution in [0, 0.1) is 0 Å². The summed E-state index contributed by atoms with van der Waals surface area (Å²) in [7, 11) is 1.32. The molecule has 0 saturated carbocycles. The number of esters is 1. The minimum absolute atomic E-state index is 0.133. The fourth-order valence-electron chi connectivity index (χ4n) is 1.29. The molecular formula is C9H15NO4. The smallest absolute Gasteiger partial charge is 0.307 e. The number of amides is 1. The summed E-state index contributed by atoms with van der Waals surface area (Å²) < 4.78 is 9.61. The Morgan fingerprint density at radius 3 is 2.93 bits per heavy atom. The van der Waals surface area contributed by atoms with Crippen LogP contribution in [-0.4, -0.2) is 38.2 Å². The van der Waals surface area contributed by atoms with E-state index in [1.165, 1.54) is 7.11 Å². The van der Waals surface area contributed by atoms with Gasteiger partial charge in [-0.3, -0.25) is 9.59 Å². The van der Waals surface area contributed by atoms with Crippen molar-refractivity contribution in [1.29, 1.82) is 0 Å². The number of nitrogens with one attached hydrogen (secondary N) is 1. The highest BCUT2D eigenvalue weighted by Gasteiger charge is 2.22. The number of carbonyl (C=O) groups excluding carboxylic acids is 2. The molecule has 80 valence electrons. The van der Waals surface area contributed by atoms with E-state index in [1.807, 2.05) is 0 Å². The standard InChI is InChI=1S/C9H15NO4/c1-13-8(11)4-5-10-9(12)7-3-2-6-14-7/h7H,2-6H2,1H3,(H,10,12)/t7-/m1/s1. The fraction of sp³-hybridized carbons (Fsp3) is 0.778. The van der Waals surface area contributed by atoms with Crippen molar-refractivity contribution in [2.75, 3.05) is 20.3 Å². The minimum atomic E-state index is -0.326. The second kappa shape index (κ2) is 5.59. The summed E-state index contributed by atoms with van der Waals surface area (Å²) in [4.78, 5) is 22.0. The first-order valence-corrected chi connectivity index (χ1v) is 4.70. The van der Waals surface area contributed by atoms with Gasteiger partial charge in [0.2, 0.25) is 5.91 Å². The van der Waals surface area contributed by atoms with Crippen molar-refractivity contribution in [3.8, 4) is 0 Å². The SMILES string of the molecule is COC(=O)CCNC(=O)[C@H]1CCCO1. The van der Waals surface area contributed by atoms with Crippen molar-refractivity contribution in [2.45, 2.75) is 25.4 Å². The predicted octanol–water partition coefficient (Wildman–Crippen LogP) is -0.155. The van der Waals surface area contributed by atoms with Crippen molar-refractivity contribution in [1.82, 2.24) is 5.32 Å². The van der Waals surface area contributed by atoms with Gasteiger partial charge in [-0.25, -0.2) is 0 Å². The maximum absolute atomic E-state index is 11.3. The highest BCUT2D eigenvalue weighted by Crippen LogP contribution is 2.11. The van der Waals surface area contributed by atoms with Gasteiger partial charge in [-0.05, 0) is 12.8 Å². The molecule has 0 aromatic heterocycles. The summed E-state index contributed by atoms with van der Waals surface area (Å²) >= 11 is 0. The maximum atomic E-state index is 11.3. The molecule has 14 heavy (non-hydrogen) atoms. The van der Waals surface area contributed by atoms with Crippen molar-refractivity contribution in [2.24, 2.45) is 0 Å². The van der Waals surface area contributed by atoms with Crippen molar-refractivity contribution < 1.29 is 19.1 Å². The van der Waals surface area contributed by atoms with Gasteiger partial charge in [-0.1, -0.05) is 0 Å². The summed E-state index contributed by atoms with van der Waals surface area (Å²) in [6.45, 7) is 0.959. The lowest BCUT2D eigenvalue weighted by atomic mass is 10.2. The summed E-state index contributed by atoms with van der Waals surface area (Å²) in [5.41, 5.74) is 0. The van der Waals surface area contributed by atoms with Crippen molar-refractivity contribution in [3.63, 3.8) is 0 Å². The van der Waals surface area contributed by atoms with E-state index in [2.05, 4.69) is 10.1 Å². The van der Waals surface area contributed by atoms with Gasteiger partial charge in [0.15, 0.2) is 0 Å². The molecule has 5 heteroatoms. The summed E-state index contributed by atoms with van der Waals surface area (Å²) in [6.07, 6.45) is 1.57. The molecule has 1 rings (SSSR count). The number of hydrogen-bond acceptors (Lipinski definition) is 4. The monoisotopic (exact) mass is 201 g/mol. The number of carbonyl (C=O) groups is 2. The third kappa shape index (κ3) is 3.33. The first-order chi connectivity index (χ1) is 6.74. The van der Waals surface area contributed by atoms with Gasteiger partial charge in [0.05, 0.1) is 13.5 Å². The molecule has 0 aromatic carbocycles. The zero-order valence-corrected chi connectivity index (χ0v) is 8.25. The van der Waals surface area contributed by atoms with E-state index in [0.717, 1.165) is 12.8 Å². The summed E-state index contributed by atoms with van der Waals surface area (Å²) in [6, 6.07) is 0. The molecule has 5 nitrogen and oxygen atoms in total. The molecule has 1 fully saturated rings. The van der Waals surface area contributed by atoms with Crippen LogP contribution in [0.1, 0.15) is 19.3 Å². The Balaban J connectivity index is 2.11. The first kappa shape index (κ1) is 11.0. The van der Waals surface area contributed by atoms with E-state index < -0.39 is 0 Å². The average Bonchev–Trinajstić information content (AvgIpc) is 2.70. The molecule has 0 radical (unpaired) electrons. The molecular weight excluding hydrogens is 186 g/mol. The van der Waals surface area contributed by atoms with Crippen LogP contribution in [0.25, 0.3) is 0 Å². The van der Waals surface area contributed by atoms with Crippen LogP contribution in [0.2, 0.25) is 0 Å². The molecule has 0 aliphatic carbocycles. The van der Waals surface area contributed by atoms with E-state index in [-0.39, 0.29) is 24.4 Å². The van der Waals surface area contributed by atoms with E-state index in [4.69, 9.17) is 4.74 Å². The lowest BCUT2D eigenvalue weighted by Crippen LogP contribution is -2.35. The number of hydrogen-bond donors (Lipinski definition) is 1. The molecule has 1 N–H and O–H groups in total. The third-order valence-corrected chi connectivity index (χ3v) is 2.08. The van der Waals surface area contributed by atoms with E-state index in [9.17, 15) is 9.59 Å². The highest BCUT2D eigenvalue weighted by molar-refractivity contribution is 5.81. The first-order valence-electron chi connectivity index (χ1n) is 4.70. The van der Waals surface area contributed by atoms with Crippen LogP contribution in [0.15, 0.2) is 0 Å². The van der Waals surface area contributed by atoms with Crippen LogP contribution >= 0.6 is 0 Å². The molecule has 0 bridgehead atoms. The number of ether oxygens (including phenoxy) is 2. The zero-order valence-electron chi connectivity index (χ0n) is 8.25. The maximum Gasteiger partial charge on any atom is 0.307 e. The summed E-state index contributed by atoms with van der Waals surface area (Å²) in [5, 5.41) is 2.63. The Morgan fingerprint density at radius 1 is 1.57 bits per heavy atom. The van der Waals surface area contributed by atoms with Gasteiger partial charge < -0.3 is 14.8 Å². The Bertz CT molecular complexity index is 211. The van der Waals surface area contributed by atoms with Crippen molar-refractivity contribution in [3.05, 3.63) is 0 Å². The fourth-order valence-corrected chi connectivity index (χ4v) is 1.29. The predicted molar refractivity (Wildman–Crippen MR) is 48.6 cm³/mol. The lowest BCUT2D eigenvalue weighted by Gasteiger charge is -2.09. The van der Waals surface area contributed by atoms with Crippen LogP contribution in [0.5, 0.6) is 0 Å². The summed E-state index contributed by atoms with van der Waals surface area (Å²) in [5.74, 6) is -0.455. The van der Waals surface area contributed by atoms with Gasteiger partial charge >= 0.3 is 5.97 Å². The number of rotatable bonds is 4. The molecule has 1 aliphatic rings. The van der Waals surface area contributed by atoms with Crippen LogP contribution in [0.3, 0.4) is 0 Å². The zero-order chi connectivity index (χ0) is 10.4. The molecule has 1 saturated heterocycles. The Hall–Kier alpha value is -1.10. The normalized spacial score (nSPS) is 20.5. The van der Waals surface area contributed by atoms with Crippen LogP contribution in [-0.2, 0) is 19.1 Å². The molecule has 1 amide bonds. The Kier molecular flexibility index (Phi) is 4.39. The molecule has 0 spiro atoms. The van der Waals surface area contributed by atoms with Crippen LogP contribution in [0.4, 0.5) is 0 Å². The lowest BCUT2D eigenvalue weighted by molar-refractivity contribution is -0.140. The van der Waals surface area contributed by atoms with Crippen molar-refractivity contribution >= 4 is 11.9 Å². The quantitative estimate of drug-likeness (QED) is 0.642. The molecule has 0 aromatic rings. The van der Waals surface area contributed by atoms with Gasteiger partial charge in [0, 0.05) is 13.2 Å². The second-order valence-electron chi connectivity index (χ2n) is 3.12. The van der Waals surface area contributed by atoms with E-state index in [0.29, 0.717) is 13.2 Å². The van der Waals surface area contributed by atoms with E-state index in [1.54, 1.807) is 0 Å². The Morgan fingerprint density at radius 2 is 2.36 bits per heavy atom. The third-order valence-electron chi connectivity index (χ3n) is 2.08. The van der Waals surface area contributed by atoms with Gasteiger partial charge in [0.1, 0.15) is 6.10 Å².